The minimum Gasteiger partial charge on any atom is -0.383 e. The van der Waals surface area contributed by atoms with Crippen LogP contribution in [0.4, 0.5) is 0 Å². The topological polar surface area (TPSA) is 92.9 Å². The minimum absolute atomic E-state index is 0.0126. The summed E-state index contributed by atoms with van der Waals surface area (Å²) in [7, 11) is -1.53. The highest BCUT2D eigenvalue weighted by atomic mass is 32.2. The SMILES string of the molecule is CCc1noc(C)c1C(=O)N1CCN(CCOC)[C@@H]2CS(=O)(=O)C[C@@H]21. The van der Waals surface area contributed by atoms with Crippen molar-refractivity contribution < 1.29 is 22.5 Å². The van der Waals surface area contributed by atoms with Gasteiger partial charge >= 0.3 is 0 Å². The molecule has 0 N–H and O–H groups in total. The monoisotopic (exact) mass is 371 g/mol. The number of carbonyl (C=O) groups excluding carboxylic acids is 1. The maximum atomic E-state index is 13.1. The molecule has 25 heavy (non-hydrogen) atoms. The first-order valence-electron chi connectivity index (χ1n) is 8.57. The summed E-state index contributed by atoms with van der Waals surface area (Å²) in [4.78, 5) is 17.0. The Labute approximate surface area is 148 Å². The fraction of sp³-hybridized carbons (Fsp3) is 0.750. The zero-order valence-corrected chi connectivity index (χ0v) is 15.7. The fourth-order valence-electron chi connectivity index (χ4n) is 3.84. The van der Waals surface area contributed by atoms with Gasteiger partial charge in [0.15, 0.2) is 9.84 Å². The van der Waals surface area contributed by atoms with Gasteiger partial charge in [0.05, 0.1) is 29.8 Å². The van der Waals surface area contributed by atoms with Crippen molar-refractivity contribution in [2.24, 2.45) is 0 Å². The first-order chi connectivity index (χ1) is 11.9. The van der Waals surface area contributed by atoms with Crippen LogP contribution in [0.25, 0.3) is 0 Å². The summed E-state index contributed by atoms with van der Waals surface area (Å²) in [5.41, 5.74) is 1.11. The molecule has 1 aromatic heterocycles. The molecular formula is C16H25N3O5S. The van der Waals surface area contributed by atoms with E-state index in [0.29, 0.717) is 49.7 Å². The lowest BCUT2D eigenvalue weighted by molar-refractivity contribution is 0.0245. The zero-order valence-electron chi connectivity index (χ0n) is 14.9. The molecule has 0 unspecified atom stereocenters. The van der Waals surface area contributed by atoms with Crippen LogP contribution in [0.2, 0.25) is 0 Å². The average molecular weight is 371 g/mol. The van der Waals surface area contributed by atoms with Crippen molar-refractivity contribution >= 4 is 15.7 Å². The number of methoxy groups -OCH3 is 1. The van der Waals surface area contributed by atoms with E-state index >= 15 is 0 Å². The average Bonchev–Trinajstić information content (AvgIpc) is 3.10. The summed E-state index contributed by atoms with van der Waals surface area (Å²) in [6.45, 7) is 5.98. The number of ether oxygens (including phenoxy) is 1. The van der Waals surface area contributed by atoms with Crippen LogP contribution in [0, 0.1) is 6.92 Å². The first-order valence-corrected chi connectivity index (χ1v) is 10.4. The molecule has 0 radical (unpaired) electrons. The molecular weight excluding hydrogens is 346 g/mol. The zero-order chi connectivity index (χ0) is 18.2. The molecule has 9 heteroatoms. The molecule has 3 rings (SSSR count). The summed E-state index contributed by atoms with van der Waals surface area (Å²) in [6.07, 6.45) is 0.596. The van der Waals surface area contributed by atoms with Crippen molar-refractivity contribution in [3.05, 3.63) is 17.0 Å². The lowest BCUT2D eigenvalue weighted by Crippen LogP contribution is -2.61. The maximum absolute atomic E-state index is 13.1. The van der Waals surface area contributed by atoms with Crippen LogP contribution in [0.3, 0.4) is 0 Å². The summed E-state index contributed by atoms with van der Waals surface area (Å²) < 4.78 is 34.8. The van der Waals surface area contributed by atoms with Crippen molar-refractivity contribution in [3.8, 4) is 0 Å². The van der Waals surface area contributed by atoms with Crippen LogP contribution in [0.5, 0.6) is 0 Å². The predicted molar refractivity (Wildman–Crippen MR) is 91.3 cm³/mol. The molecule has 1 amide bonds. The van der Waals surface area contributed by atoms with Crippen molar-refractivity contribution in [3.63, 3.8) is 0 Å². The Bertz CT molecular complexity index is 745. The van der Waals surface area contributed by atoms with Gasteiger partial charge < -0.3 is 14.2 Å². The third-order valence-corrected chi connectivity index (χ3v) is 6.82. The Morgan fingerprint density at radius 2 is 2.04 bits per heavy atom. The van der Waals surface area contributed by atoms with E-state index in [9.17, 15) is 13.2 Å². The van der Waals surface area contributed by atoms with E-state index in [1.165, 1.54) is 0 Å². The summed E-state index contributed by atoms with van der Waals surface area (Å²) in [5.74, 6) is 0.419. The molecule has 2 atom stereocenters. The van der Waals surface area contributed by atoms with E-state index in [1.54, 1.807) is 18.9 Å². The van der Waals surface area contributed by atoms with E-state index in [4.69, 9.17) is 9.26 Å². The standard InChI is InChI=1S/C16H25N3O5S/c1-4-12-15(11(2)24-17-12)16(20)19-6-5-18(7-8-23-3)13-9-25(21,22)10-14(13)19/h13-14H,4-10H2,1-3H3/t13-,14+/m1/s1. The van der Waals surface area contributed by atoms with E-state index in [1.807, 2.05) is 6.92 Å². The number of nitrogens with zero attached hydrogens (tertiary/aromatic N) is 3. The molecule has 140 valence electrons. The van der Waals surface area contributed by atoms with Gasteiger partial charge in [-0.2, -0.15) is 0 Å². The molecule has 0 bridgehead atoms. The van der Waals surface area contributed by atoms with Crippen LogP contribution in [-0.4, -0.2) is 86.2 Å². The highest BCUT2D eigenvalue weighted by molar-refractivity contribution is 7.91. The quantitative estimate of drug-likeness (QED) is 0.725. The molecule has 3 heterocycles. The van der Waals surface area contributed by atoms with Gasteiger partial charge in [-0.25, -0.2) is 8.42 Å². The number of amides is 1. The number of sulfone groups is 1. The third kappa shape index (κ3) is 3.45. The van der Waals surface area contributed by atoms with Crippen molar-refractivity contribution in [1.82, 2.24) is 15.0 Å². The second-order valence-electron chi connectivity index (χ2n) is 6.65. The summed E-state index contributed by atoms with van der Waals surface area (Å²) in [6, 6.07) is -0.509. The van der Waals surface area contributed by atoms with Crippen LogP contribution in [-0.2, 0) is 21.0 Å². The van der Waals surface area contributed by atoms with Gasteiger partial charge in [0.25, 0.3) is 5.91 Å². The summed E-state index contributed by atoms with van der Waals surface area (Å²) in [5, 5.41) is 3.95. The van der Waals surface area contributed by atoms with Gasteiger partial charge in [-0.3, -0.25) is 9.69 Å². The van der Waals surface area contributed by atoms with Crippen molar-refractivity contribution in [1.29, 1.82) is 0 Å². The lowest BCUT2D eigenvalue weighted by atomic mass is 10.0. The highest BCUT2D eigenvalue weighted by Gasteiger charge is 2.48. The van der Waals surface area contributed by atoms with Crippen LogP contribution >= 0.6 is 0 Å². The molecule has 2 saturated heterocycles. The number of fused-ring (bicyclic) bond motifs is 1. The Morgan fingerprint density at radius 3 is 2.72 bits per heavy atom. The number of carbonyl (C=O) groups is 1. The number of hydrogen-bond acceptors (Lipinski definition) is 7. The maximum Gasteiger partial charge on any atom is 0.259 e. The Morgan fingerprint density at radius 1 is 1.32 bits per heavy atom. The van der Waals surface area contributed by atoms with E-state index in [0.717, 1.165) is 0 Å². The smallest absolute Gasteiger partial charge is 0.259 e. The van der Waals surface area contributed by atoms with E-state index in [-0.39, 0.29) is 29.5 Å². The fourth-order valence-corrected chi connectivity index (χ4v) is 5.85. The summed E-state index contributed by atoms with van der Waals surface area (Å²) >= 11 is 0. The highest BCUT2D eigenvalue weighted by Crippen LogP contribution is 2.29. The first kappa shape index (κ1) is 18.3. The Hall–Kier alpha value is -1.45. The van der Waals surface area contributed by atoms with Gasteiger partial charge in [-0.05, 0) is 13.3 Å². The number of piperazine rings is 1. The lowest BCUT2D eigenvalue weighted by Gasteiger charge is -2.43. The predicted octanol–water partition coefficient (Wildman–Crippen LogP) is 0.115. The molecule has 0 aromatic carbocycles. The van der Waals surface area contributed by atoms with E-state index < -0.39 is 9.84 Å². The Balaban J connectivity index is 1.88. The molecule has 0 aliphatic carbocycles. The second-order valence-corrected chi connectivity index (χ2v) is 8.81. The third-order valence-electron chi connectivity index (χ3n) is 5.12. The molecule has 8 nitrogen and oxygen atoms in total. The van der Waals surface area contributed by atoms with Crippen LogP contribution in [0.1, 0.15) is 28.7 Å². The van der Waals surface area contributed by atoms with Gasteiger partial charge in [0, 0.05) is 32.8 Å². The number of hydrogen-bond donors (Lipinski definition) is 0. The number of aromatic nitrogens is 1. The second kappa shape index (κ2) is 7.05. The largest absolute Gasteiger partial charge is 0.383 e. The van der Waals surface area contributed by atoms with Crippen molar-refractivity contribution in [2.45, 2.75) is 32.4 Å². The molecule has 2 aliphatic heterocycles. The van der Waals surface area contributed by atoms with Gasteiger partial charge in [0.2, 0.25) is 0 Å². The number of rotatable bonds is 5. The van der Waals surface area contributed by atoms with Crippen molar-refractivity contribution in [2.75, 3.05) is 44.9 Å². The molecule has 0 saturated carbocycles. The van der Waals surface area contributed by atoms with Crippen LogP contribution < -0.4 is 0 Å². The van der Waals surface area contributed by atoms with Gasteiger partial charge in [-0.15, -0.1) is 0 Å². The van der Waals surface area contributed by atoms with Gasteiger partial charge in [-0.1, -0.05) is 12.1 Å². The molecule has 1 aromatic rings. The Kier molecular flexibility index (Phi) is 5.17. The molecule has 0 spiro atoms. The van der Waals surface area contributed by atoms with Gasteiger partial charge in [0.1, 0.15) is 11.3 Å². The molecule has 2 aliphatic rings. The van der Waals surface area contributed by atoms with Crippen LogP contribution in [0.15, 0.2) is 4.52 Å². The molecule has 2 fully saturated rings. The number of aryl methyl sites for hydroxylation is 2. The minimum atomic E-state index is -3.16. The normalized spacial score (nSPS) is 26.0. The van der Waals surface area contributed by atoms with E-state index in [2.05, 4.69) is 10.1 Å².